The first-order valence-corrected chi connectivity index (χ1v) is 5.55. The molecule has 1 aromatic rings. The fraction of sp³-hybridized carbons (Fsp3) is 0.250. The van der Waals surface area contributed by atoms with E-state index in [4.69, 9.17) is 7.85 Å². The third-order valence-electron chi connectivity index (χ3n) is 1.56. The van der Waals surface area contributed by atoms with Crippen LogP contribution >= 0.6 is 0 Å². The molecule has 0 spiro atoms. The summed E-state index contributed by atoms with van der Waals surface area (Å²) in [5.74, 6) is 0.0668. The molecule has 0 atom stereocenters. The van der Waals surface area contributed by atoms with Crippen molar-refractivity contribution in [3.05, 3.63) is 24.3 Å². The number of hydrogen-bond donors (Lipinski definition) is 1. The van der Waals surface area contributed by atoms with E-state index in [0.717, 1.165) is 0 Å². The molecule has 0 saturated heterocycles. The summed E-state index contributed by atoms with van der Waals surface area (Å²) >= 11 is 0. The first-order valence-electron chi connectivity index (χ1n) is 3.89. The fourth-order valence-electron chi connectivity index (χ4n) is 0.803. The van der Waals surface area contributed by atoms with E-state index in [2.05, 4.69) is 4.72 Å². The monoisotopic (exact) mass is 231 g/mol. The average molecular weight is 231 g/mol. The molecule has 0 heterocycles. The molecule has 0 aliphatic heterocycles. The second-order valence-electron chi connectivity index (χ2n) is 2.63. The van der Waals surface area contributed by atoms with Crippen molar-refractivity contribution >= 4 is 29.0 Å². The number of hydrogen-bond acceptors (Lipinski definition) is 2. The summed E-state index contributed by atoms with van der Waals surface area (Å²) in [5, 5.41) is 0. The second kappa shape index (κ2) is 6.44. The highest BCUT2D eigenvalue weighted by atomic mass is 32.2. The molecule has 0 aromatic heterocycles. The predicted molar refractivity (Wildman–Crippen MR) is 62.1 cm³/mol. The molecular weight excluding hydrogens is 217 g/mol. The lowest BCUT2D eigenvalue weighted by atomic mass is 9.96. The van der Waals surface area contributed by atoms with Crippen molar-refractivity contribution in [2.45, 2.75) is 6.92 Å². The molecule has 0 bridgehead atoms. The maximum atomic E-state index is 11.1. The van der Waals surface area contributed by atoms with Gasteiger partial charge >= 0.3 is 0 Å². The number of nitrogens with one attached hydrogen (secondary N) is 1. The Kier molecular flexibility index (Phi) is 7.04. The highest BCUT2D eigenvalue weighted by Gasteiger charge is 2.05. The quantitative estimate of drug-likeness (QED) is 0.645. The molecule has 15 heavy (non-hydrogen) atoms. The molecule has 1 rings (SSSR count). The Bertz CT molecular complexity index is 376. The van der Waals surface area contributed by atoms with E-state index in [1.54, 1.807) is 31.2 Å². The molecule has 0 aliphatic rings. The van der Waals surface area contributed by atoms with Crippen molar-refractivity contribution in [2.24, 2.45) is 0 Å². The summed E-state index contributed by atoms with van der Waals surface area (Å²) < 4.78 is 24.6. The van der Waals surface area contributed by atoms with Crippen LogP contribution in [0.15, 0.2) is 24.3 Å². The van der Waals surface area contributed by atoms with Gasteiger partial charge in [-0.2, -0.15) is 0 Å². The summed E-state index contributed by atoms with van der Waals surface area (Å²) in [6.07, 6.45) is 0. The molecular formula is C8H14BNO4S. The minimum absolute atomic E-state index is 0. The SMILES string of the molecule is O.O.[B]c1ccc(NS(=O)(=O)CC)cc1. The minimum atomic E-state index is -3.18. The molecule has 5 nitrogen and oxygen atoms in total. The van der Waals surface area contributed by atoms with Crippen LogP contribution in [0.3, 0.4) is 0 Å². The van der Waals surface area contributed by atoms with Gasteiger partial charge in [0.15, 0.2) is 0 Å². The summed E-state index contributed by atoms with van der Waals surface area (Å²) in [7, 11) is 2.27. The van der Waals surface area contributed by atoms with Crippen LogP contribution in [-0.4, -0.2) is 33.0 Å². The van der Waals surface area contributed by atoms with Crippen LogP contribution in [0.4, 0.5) is 5.69 Å². The van der Waals surface area contributed by atoms with Crippen LogP contribution in [0.25, 0.3) is 0 Å². The molecule has 84 valence electrons. The smallest absolute Gasteiger partial charge is 0.232 e. The summed E-state index contributed by atoms with van der Waals surface area (Å²) in [4.78, 5) is 0. The molecule has 0 unspecified atom stereocenters. The van der Waals surface area contributed by atoms with Crippen molar-refractivity contribution in [1.29, 1.82) is 0 Å². The number of rotatable bonds is 3. The largest absolute Gasteiger partial charge is 0.412 e. The fourth-order valence-corrected chi connectivity index (χ4v) is 1.44. The van der Waals surface area contributed by atoms with Crippen LogP contribution in [-0.2, 0) is 10.0 Å². The lowest BCUT2D eigenvalue weighted by Gasteiger charge is -2.05. The van der Waals surface area contributed by atoms with Gasteiger partial charge in [-0.15, -0.1) is 0 Å². The zero-order chi connectivity index (χ0) is 9.90. The highest BCUT2D eigenvalue weighted by molar-refractivity contribution is 7.92. The Hall–Kier alpha value is -1.05. The molecule has 0 fully saturated rings. The van der Waals surface area contributed by atoms with E-state index in [1.807, 2.05) is 0 Å². The van der Waals surface area contributed by atoms with Crippen LogP contribution in [0.1, 0.15) is 6.92 Å². The zero-order valence-corrected chi connectivity index (χ0v) is 9.14. The molecule has 0 amide bonds. The average Bonchev–Trinajstić information content (AvgIpc) is 2.09. The van der Waals surface area contributed by atoms with Crippen molar-refractivity contribution < 1.29 is 19.4 Å². The summed E-state index contributed by atoms with van der Waals surface area (Å²) in [5.41, 5.74) is 1.15. The van der Waals surface area contributed by atoms with E-state index in [1.165, 1.54) is 0 Å². The molecule has 0 saturated carbocycles. The van der Waals surface area contributed by atoms with Gasteiger partial charge in [-0.1, -0.05) is 17.6 Å². The third-order valence-corrected chi connectivity index (χ3v) is 2.87. The van der Waals surface area contributed by atoms with Gasteiger partial charge < -0.3 is 11.0 Å². The van der Waals surface area contributed by atoms with Crippen LogP contribution in [0.5, 0.6) is 0 Å². The van der Waals surface area contributed by atoms with Gasteiger partial charge in [0.25, 0.3) is 0 Å². The first-order chi connectivity index (χ1) is 6.03. The highest BCUT2D eigenvalue weighted by Crippen LogP contribution is 2.06. The van der Waals surface area contributed by atoms with E-state index < -0.39 is 10.0 Å². The standard InChI is InChI=1S/C8H10BNO2S.2H2O/c1-2-13(11,12)10-8-5-3-7(9)4-6-8;;/h3-6,10H,2H2,1H3;2*1H2. The Morgan fingerprint density at radius 3 is 2.07 bits per heavy atom. The predicted octanol–water partition coefficient (Wildman–Crippen LogP) is -1.41. The van der Waals surface area contributed by atoms with E-state index >= 15 is 0 Å². The molecule has 5 N–H and O–H groups in total. The van der Waals surface area contributed by atoms with E-state index in [9.17, 15) is 8.42 Å². The van der Waals surface area contributed by atoms with Crippen molar-refractivity contribution in [1.82, 2.24) is 0 Å². The maximum absolute atomic E-state index is 11.1. The van der Waals surface area contributed by atoms with Gasteiger partial charge in [0.05, 0.1) is 5.75 Å². The van der Waals surface area contributed by atoms with Gasteiger partial charge in [-0.25, -0.2) is 8.42 Å². The Balaban J connectivity index is 0. The minimum Gasteiger partial charge on any atom is -0.412 e. The Morgan fingerprint density at radius 1 is 1.20 bits per heavy atom. The lowest BCUT2D eigenvalue weighted by Crippen LogP contribution is -2.15. The van der Waals surface area contributed by atoms with Gasteiger partial charge in [0.1, 0.15) is 7.85 Å². The zero-order valence-electron chi connectivity index (χ0n) is 8.32. The molecule has 0 aliphatic carbocycles. The summed E-state index contributed by atoms with van der Waals surface area (Å²) in [6.45, 7) is 1.58. The topological polar surface area (TPSA) is 109 Å². The number of anilines is 1. The van der Waals surface area contributed by atoms with Crippen LogP contribution in [0.2, 0.25) is 0 Å². The van der Waals surface area contributed by atoms with Crippen molar-refractivity contribution in [3.63, 3.8) is 0 Å². The molecule has 2 radical (unpaired) electrons. The van der Waals surface area contributed by atoms with Crippen molar-refractivity contribution in [3.8, 4) is 0 Å². The molecule has 1 aromatic carbocycles. The Morgan fingerprint density at radius 2 is 1.67 bits per heavy atom. The van der Waals surface area contributed by atoms with E-state index in [0.29, 0.717) is 11.2 Å². The van der Waals surface area contributed by atoms with Gasteiger partial charge in [-0.3, -0.25) is 4.72 Å². The van der Waals surface area contributed by atoms with Gasteiger partial charge in [0, 0.05) is 5.69 Å². The molecule has 7 heteroatoms. The maximum Gasteiger partial charge on any atom is 0.232 e. The third kappa shape index (κ3) is 5.41. The van der Waals surface area contributed by atoms with Gasteiger partial charge in [0.2, 0.25) is 10.0 Å². The number of sulfonamides is 1. The Labute approximate surface area is 90.6 Å². The van der Waals surface area contributed by atoms with Gasteiger partial charge in [-0.05, 0) is 19.1 Å². The number of benzene rings is 1. The van der Waals surface area contributed by atoms with Crippen LogP contribution < -0.4 is 10.2 Å². The normalized spacial score (nSPS) is 9.67. The van der Waals surface area contributed by atoms with Crippen LogP contribution in [0, 0.1) is 0 Å². The summed E-state index contributed by atoms with van der Waals surface area (Å²) in [6, 6.07) is 6.55. The van der Waals surface area contributed by atoms with Crippen molar-refractivity contribution in [2.75, 3.05) is 10.5 Å². The lowest BCUT2D eigenvalue weighted by molar-refractivity contribution is 0.602. The second-order valence-corrected chi connectivity index (χ2v) is 4.64. The van der Waals surface area contributed by atoms with E-state index in [-0.39, 0.29) is 16.7 Å². The first kappa shape index (κ1) is 16.4.